The maximum atomic E-state index is 11.3. The van der Waals surface area contributed by atoms with Crippen molar-refractivity contribution in [2.24, 2.45) is 0 Å². The van der Waals surface area contributed by atoms with Crippen LogP contribution in [0.1, 0.15) is 12.8 Å². The number of carbonyl (C=O) groups is 3. The number of carboxylic acids is 1. The van der Waals surface area contributed by atoms with Crippen LogP contribution in [0.3, 0.4) is 0 Å². The molecule has 0 saturated carbocycles. The Morgan fingerprint density at radius 2 is 2.17 bits per heavy atom. The molecule has 7 nitrogen and oxygen atoms in total. The molecule has 0 aromatic rings. The summed E-state index contributed by atoms with van der Waals surface area (Å²) < 4.78 is 4.38. The summed E-state index contributed by atoms with van der Waals surface area (Å²) in [6.45, 7) is 0. The van der Waals surface area contributed by atoms with Crippen LogP contribution in [0.15, 0.2) is 0 Å². The average Bonchev–Trinajstić information content (AvgIpc) is 2.33. The second kappa shape index (κ2) is 9.30. The third-order valence-electron chi connectivity index (χ3n) is 1.90. The maximum absolute atomic E-state index is 11.3. The fourth-order valence-corrected chi connectivity index (χ4v) is 1.51. The second-order valence-electron chi connectivity index (χ2n) is 3.22. The van der Waals surface area contributed by atoms with E-state index in [2.05, 4.69) is 10.1 Å². The molecule has 100 valence electrons. The molecule has 0 bridgehead atoms. The van der Waals surface area contributed by atoms with Gasteiger partial charge in [-0.3, -0.25) is 9.59 Å². The fraction of sp³-hybridized carbons (Fsp3) is 0.600. The summed E-state index contributed by atoms with van der Waals surface area (Å²) in [6.07, 6.45) is -0.115. The maximum Gasteiger partial charge on any atom is 0.326 e. The van der Waals surface area contributed by atoms with Crippen molar-refractivity contribution in [2.75, 3.05) is 18.6 Å². The summed E-state index contributed by atoms with van der Waals surface area (Å²) in [5.74, 6) is -2.05. The standard InChI is InChI=1S/C10H14N2O5S/c1-17-9(14)3-2-7(10(15)16)12-8(13)6-18-5-4-11/h7H,2-3,5-6H2,1H3,(H,12,13)(H,15,16)/t7-/m1/s1. The lowest BCUT2D eigenvalue weighted by Gasteiger charge is -2.13. The van der Waals surface area contributed by atoms with Gasteiger partial charge in [-0.1, -0.05) is 0 Å². The smallest absolute Gasteiger partial charge is 0.326 e. The van der Waals surface area contributed by atoms with Crippen molar-refractivity contribution in [2.45, 2.75) is 18.9 Å². The lowest BCUT2D eigenvalue weighted by molar-refractivity contribution is -0.143. The molecule has 0 aliphatic heterocycles. The van der Waals surface area contributed by atoms with Crippen LogP contribution >= 0.6 is 11.8 Å². The van der Waals surface area contributed by atoms with Crippen LogP contribution in [0.4, 0.5) is 0 Å². The van der Waals surface area contributed by atoms with Gasteiger partial charge in [0.1, 0.15) is 6.04 Å². The Balaban J connectivity index is 4.11. The number of nitrogens with zero attached hydrogens (tertiary/aromatic N) is 1. The number of methoxy groups -OCH3 is 1. The quantitative estimate of drug-likeness (QED) is 0.463. The van der Waals surface area contributed by atoms with Crippen LogP contribution in [-0.4, -0.2) is 47.6 Å². The molecule has 18 heavy (non-hydrogen) atoms. The van der Waals surface area contributed by atoms with Crippen LogP contribution in [0.2, 0.25) is 0 Å². The Bertz CT molecular complexity index is 353. The zero-order valence-corrected chi connectivity index (χ0v) is 10.7. The monoisotopic (exact) mass is 274 g/mol. The van der Waals surface area contributed by atoms with E-state index in [0.717, 1.165) is 11.8 Å². The van der Waals surface area contributed by atoms with Crippen LogP contribution in [0.25, 0.3) is 0 Å². The number of carbonyl (C=O) groups excluding carboxylic acids is 2. The van der Waals surface area contributed by atoms with Gasteiger partial charge in [-0.25, -0.2) is 4.79 Å². The number of rotatable bonds is 8. The largest absolute Gasteiger partial charge is 0.480 e. The fourth-order valence-electron chi connectivity index (χ4n) is 1.05. The zero-order valence-electron chi connectivity index (χ0n) is 9.84. The van der Waals surface area contributed by atoms with E-state index in [9.17, 15) is 14.4 Å². The summed E-state index contributed by atoms with van der Waals surface area (Å²) >= 11 is 1.09. The van der Waals surface area contributed by atoms with Gasteiger partial charge in [0.15, 0.2) is 0 Å². The van der Waals surface area contributed by atoms with E-state index in [-0.39, 0.29) is 24.3 Å². The Hall–Kier alpha value is -1.75. The normalized spacial score (nSPS) is 11.1. The number of nitrogens with one attached hydrogen (secondary N) is 1. The number of hydrogen-bond donors (Lipinski definition) is 2. The van der Waals surface area contributed by atoms with Gasteiger partial charge in [0.25, 0.3) is 0 Å². The van der Waals surface area contributed by atoms with Gasteiger partial charge in [0.2, 0.25) is 5.91 Å². The first-order valence-corrected chi connectivity index (χ1v) is 6.20. The van der Waals surface area contributed by atoms with Crippen molar-refractivity contribution in [3.63, 3.8) is 0 Å². The molecule has 0 radical (unpaired) electrons. The first-order valence-electron chi connectivity index (χ1n) is 5.05. The summed E-state index contributed by atoms with van der Waals surface area (Å²) in [5.41, 5.74) is 0. The molecule has 0 unspecified atom stereocenters. The lowest BCUT2D eigenvalue weighted by Crippen LogP contribution is -2.42. The minimum absolute atomic E-state index is 0.00949. The molecule has 0 aliphatic carbocycles. The van der Waals surface area contributed by atoms with E-state index in [1.807, 2.05) is 6.07 Å². The SMILES string of the molecule is COC(=O)CC[C@@H](NC(=O)CSCC#N)C(=O)O. The van der Waals surface area contributed by atoms with Crippen molar-refractivity contribution in [3.05, 3.63) is 0 Å². The number of hydrogen-bond acceptors (Lipinski definition) is 6. The third-order valence-corrected chi connectivity index (χ3v) is 2.70. The topological polar surface area (TPSA) is 116 Å². The Kier molecular flexibility index (Phi) is 8.39. The van der Waals surface area contributed by atoms with Crippen LogP contribution < -0.4 is 5.32 Å². The Morgan fingerprint density at radius 3 is 2.67 bits per heavy atom. The molecule has 0 spiro atoms. The zero-order chi connectivity index (χ0) is 14.0. The van der Waals surface area contributed by atoms with Gasteiger partial charge in [0.05, 0.1) is 24.7 Å². The van der Waals surface area contributed by atoms with Gasteiger partial charge < -0.3 is 15.2 Å². The van der Waals surface area contributed by atoms with Crippen molar-refractivity contribution in [3.8, 4) is 6.07 Å². The molecule has 2 N–H and O–H groups in total. The molecule has 1 atom stereocenters. The number of amides is 1. The molecule has 0 saturated heterocycles. The highest BCUT2D eigenvalue weighted by molar-refractivity contribution is 8.00. The van der Waals surface area contributed by atoms with E-state index >= 15 is 0 Å². The molecule has 0 heterocycles. The van der Waals surface area contributed by atoms with Gasteiger partial charge in [0, 0.05) is 6.42 Å². The van der Waals surface area contributed by atoms with Crippen molar-refractivity contribution in [1.29, 1.82) is 5.26 Å². The van der Waals surface area contributed by atoms with Gasteiger partial charge in [-0.2, -0.15) is 5.26 Å². The van der Waals surface area contributed by atoms with Crippen LogP contribution in [0.5, 0.6) is 0 Å². The van der Waals surface area contributed by atoms with E-state index in [4.69, 9.17) is 10.4 Å². The Labute approximate surface area is 108 Å². The molecule has 0 fully saturated rings. The summed E-state index contributed by atoms with van der Waals surface area (Å²) in [7, 11) is 1.20. The second-order valence-corrected chi connectivity index (χ2v) is 4.21. The van der Waals surface area contributed by atoms with Crippen LogP contribution in [0, 0.1) is 11.3 Å². The predicted octanol–water partition coefficient (Wildman–Crippen LogP) is -0.234. The third kappa shape index (κ3) is 7.51. The average molecular weight is 274 g/mol. The minimum atomic E-state index is -1.21. The number of aliphatic carboxylic acids is 1. The number of carboxylic acid groups (broad SMARTS) is 1. The number of ether oxygens (including phenoxy) is 1. The van der Waals surface area contributed by atoms with Gasteiger partial charge >= 0.3 is 11.9 Å². The molecular weight excluding hydrogens is 260 g/mol. The summed E-state index contributed by atoms with van der Waals surface area (Å²) in [6, 6.07) is 0.727. The summed E-state index contributed by atoms with van der Waals surface area (Å²) in [5, 5.41) is 19.4. The Morgan fingerprint density at radius 1 is 1.50 bits per heavy atom. The molecule has 0 rings (SSSR count). The molecule has 0 aromatic carbocycles. The molecule has 8 heteroatoms. The van der Waals surface area contributed by atoms with E-state index < -0.39 is 23.9 Å². The van der Waals surface area contributed by atoms with Crippen molar-refractivity contribution >= 4 is 29.6 Å². The lowest BCUT2D eigenvalue weighted by atomic mass is 10.1. The van der Waals surface area contributed by atoms with Gasteiger partial charge in [-0.05, 0) is 6.42 Å². The highest BCUT2D eigenvalue weighted by Crippen LogP contribution is 2.02. The number of esters is 1. The highest BCUT2D eigenvalue weighted by atomic mass is 32.2. The van der Waals surface area contributed by atoms with Crippen LogP contribution in [-0.2, 0) is 19.1 Å². The predicted molar refractivity (Wildman–Crippen MR) is 63.8 cm³/mol. The van der Waals surface area contributed by atoms with E-state index in [0.29, 0.717) is 0 Å². The molecular formula is C10H14N2O5S. The summed E-state index contributed by atoms with van der Waals surface area (Å²) in [4.78, 5) is 33.0. The van der Waals surface area contributed by atoms with E-state index in [1.54, 1.807) is 0 Å². The van der Waals surface area contributed by atoms with Gasteiger partial charge in [-0.15, -0.1) is 11.8 Å². The molecule has 0 aromatic heterocycles. The van der Waals surface area contributed by atoms with Crippen molar-refractivity contribution < 1.29 is 24.2 Å². The van der Waals surface area contributed by atoms with Crippen molar-refractivity contribution in [1.82, 2.24) is 5.32 Å². The minimum Gasteiger partial charge on any atom is -0.480 e. The molecule has 1 amide bonds. The first-order chi connectivity index (χ1) is 8.51. The molecule has 0 aliphatic rings. The highest BCUT2D eigenvalue weighted by Gasteiger charge is 2.20. The number of nitriles is 1. The first kappa shape index (κ1) is 16.2. The van der Waals surface area contributed by atoms with E-state index in [1.165, 1.54) is 7.11 Å². The number of thioether (sulfide) groups is 1.